The summed E-state index contributed by atoms with van der Waals surface area (Å²) in [6.07, 6.45) is 10.7. The Morgan fingerprint density at radius 1 is 0.852 bits per heavy atom. The molecule has 142 valence electrons. The Balaban J connectivity index is 2.07. The highest BCUT2D eigenvalue weighted by molar-refractivity contribution is 5.71. The summed E-state index contributed by atoms with van der Waals surface area (Å²) in [7, 11) is 0. The van der Waals surface area contributed by atoms with Gasteiger partial charge in [0.1, 0.15) is 11.5 Å². The van der Waals surface area contributed by atoms with E-state index in [1.54, 1.807) is 12.1 Å². The molecule has 2 aromatic rings. The van der Waals surface area contributed by atoms with Crippen LogP contribution in [0.15, 0.2) is 59.7 Å². The zero-order valence-electron chi connectivity index (χ0n) is 16.8. The van der Waals surface area contributed by atoms with E-state index in [0.29, 0.717) is 12.0 Å². The molecule has 0 aliphatic heterocycles. The Labute approximate surface area is 163 Å². The number of allylic oxidation sites excluding steroid dienone is 4. The first-order chi connectivity index (χ1) is 12.8. The summed E-state index contributed by atoms with van der Waals surface area (Å²) < 4.78 is 0. The Hall–Kier alpha value is -2.74. The van der Waals surface area contributed by atoms with E-state index < -0.39 is 0 Å². The average molecular weight is 363 g/mol. The highest BCUT2D eigenvalue weighted by Crippen LogP contribution is 2.31. The number of aryl methyl sites for hydroxylation is 1. The highest BCUT2D eigenvalue weighted by atomic mass is 16.3. The Kier molecular flexibility index (Phi) is 7.48. The first-order valence-electron chi connectivity index (χ1n) is 9.43. The third-order valence-electron chi connectivity index (χ3n) is 4.52. The zero-order valence-corrected chi connectivity index (χ0v) is 16.8. The molecule has 0 saturated carbocycles. The molecule has 0 heterocycles. The fourth-order valence-electron chi connectivity index (χ4n) is 2.81. The largest absolute Gasteiger partial charge is 0.507 e. The van der Waals surface area contributed by atoms with E-state index in [9.17, 15) is 10.2 Å². The summed E-state index contributed by atoms with van der Waals surface area (Å²) in [6.45, 7) is 8.35. The number of phenolic OH excluding ortho intramolecular Hbond substituents is 2. The van der Waals surface area contributed by atoms with Crippen LogP contribution in [0.3, 0.4) is 0 Å². The molecule has 0 unspecified atom stereocenters. The van der Waals surface area contributed by atoms with Gasteiger partial charge < -0.3 is 10.2 Å². The first kappa shape index (κ1) is 20.6. The SMILES string of the molecule is CC(C)=CCC/C(C)=C/Cc1c(O)cc(/C=C/c2ccc(C)cc2)cc1O. The number of benzene rings is 2. The molecular formula is C25H30O2. The van der Waals surface area contributed by atoms with Gasteiger partial charge in [-0.25, -0.2) is 0 Å². The standard InChI is InChI=1S/C25H30O2/c1-18(2)6-5-7-19(3)10-15-23-24(26)16-22(17-25(23)27)14-13-21-11-8-20(4)9-12-21/h6,8-14,16-17,26-27H,5,7,15H2,1-4H3/b14-13+,19-10+. The fourth-order valence-corrected chi connectivity index (χ4v) is 2.81. The van der Waals surface area contributed by atoms with Gasteiger partial charge in [-0.1, -0.05) is 65.3 Å². The second-order valence-corrected chi connectivity index (χ2v) is 7.36. The van der Waals surface area contributed by atoms with Crippen molar-refractivity contribution in [1.29, 1.82) is 0 Å². The van der Waals surface area contributed by atoms with Crippen LogP contribution < -0.4 is 0 Å². The van der Waals surface area contributed by atoms with E-state index in [4.69, 9.17) is 0 Å². The lowest BCUT2D eigenvalue weighted by atomic mass is 10.0. The predicted octanol–water partition coefficient (Wildman–Crippen LogP) is 6.81. The summed E-state index contributed by atoms with van der Waals surface area (Å²) in [6, 6.07) is 11.6. The van der Waals surface area contributed by atoms with Crippen LogP contribution in [0.1, 0.15) is 55.9 Å². The second kappa shape index (κ2) is 9.82. The lowest BCUT2D eigenvalue weighted by Crippen LogP contribution is -1.88. The van der Waals surface area contributed by atoms with Gasteiger partial charge in [0.2, 0.25) is 0 Å². The maximum Gasteiger partial charge on any atom is 0.123 e. The van der Waals surface area contributed by atoms with Crippen LogP contribution in [-0.2, 0) is 6.42 Å². The molecule has 27 heavy (non-hydrogen) atoms. The van der Waals surface area contributed by atoms with Crippen LogP contribution in [0.4, 0.5) is 0 Å². The first-order valence-corrected chi connectivity index (χ1v) is 9.43. The smallest absolute Gasteiger partial charge is 0.123 e. The van der Waals surface area contributed by atoms with E-state index in [1.807, 2.05) is 24.3 Å². The Morgan fingerprint density at radius 2 is 1.44 bits per heavy atom. The van der Waals surface area contributed by atoms with Gasteiger partial charge >= 0.3 is 0 Å². The van der Waals surface area contributed by atoms with Gasteiger partial charge in [0.25, 0.3) is 0 Å². The summed E-state index contributed by atoms with van der Waals surface area (Å²) in [4.78, 5) is 0. The molecule has 0 aliphatic rings. The van der Waals surface area contributed by atoms with Crippen LogP contribution in [0, 0.1) is 6.92 Å². The molecule has 0 atom stereocenters. The predicted molar refractivity (Wildman–Crippen MR) is 116 cm³/mol. The minimum absolute atomic E-state index is 0.131. The number of hydrogen-bond acceptors (Lipinski definition) is 2. The molecule has 2 aromatic carbocycles. The summed E-state index contributed by atoms with van der Waals surface area (Å²) >= 11 is 0. The van der Waals surface area contributed by atoms with Crippen molar-refractivity contribution in [2.45, 2.75) is 47.0 Å². The molecule has 2 N–H and O–H groups in total. The number of rotatable bonds is 7. The maximum absolute atomic E-state index is 10.3. The average Bonchev–Trinajstić information content (AvgIpc) is 2.60. The maximum atomic E-state index is 10.3. The van der Waals surface area contributed by atoms with Crippen LogP contribution in [0.2, 0.25) is 0 Å². The van der Waals surface area contributed by atoms with E-state index in [2.05, 4.69) is 52.0 Å². The minimum Gasteiger partial charge on any atom is -0.507 e. The minimum atomic E-state index is 0.131. The molecule has 0 amide bonds. The molecule has 0 spiro atoms. The van der Waals surface area contributed by atoms with Crippen molar-refractivity contribution in [3.63, 3.8) is 0 Å². The molecule has 2 nitrogen and oxygen atoms in total. The molecule has 0 aromatic heterocycles. The molecule has 0 saturated heterocycles. The van der Waals surface area contributed by atoms with Crippen molar-refractivity contribution in [3.8, 4) is 11.5 Å². The second-order valence-electron chi connectivity index (χ2n) is 7.36. The van der Waals surface area contributed by atoms with Gasteiger partial charge in [-0.3, -0.25) is 0 Å². The topological polar surface area (TPSA) is 40.5 Å². The Morgan fingerprint density at radius 3 is 2.04 bits per heavy atom. The summed E-state index contributed by atoms with van der Waals surface area (Å²) in [5.74, 6) is 0.263. The van der Waals surface area contributed by atoms with Gasteiger partial charge in [0, 0.05) is 5.56 Å². The zero-order chi connectivity index (χ0) is 19.8. The van der Waals surface area contributed by atoms with Crippen LogP contribution >= 0.6 is 0 Å². The lowest BCUT2D eigenvalue weighted by molar-refractivity contribution is 0.440. The van der Waals surface area contributed by atoms with Crippen LogP contribution in [-0.4, -0.2) is 10.2 Å². The molecule has 0 aliphatic carbocycles. The monoisotopic (exact) mass is 362 g/mol. The normalized spacial score (nSPS) is 11.8. The third kappa shape index (κ3) is 6.82. The molecule has 0 fully saturated rings. The number of aromatic hydroxyl groups is 2. The van der Waals surface area contributed by atoms with Crippen molar-refractivity contribution in [3.05, 3.63) is 82.0 Å². The molecule has 2 rings (SSSR count). The van der Waals surface area contributed by atoms with Crippen molar-refractivity contribution < 1.29 is 10.2 Å². The van der Waals surface area contributed by atoms with Crippen molar-refractivity contribution in [2.24, 2.45) is 0 Å². The molecule has 2 heteroatoms. The summed E-state index contributed by atoms with van der Waals surface area (Å²) in [5.41, 5.74) is 6.24. The van der Waals surface area contributed by atoms with Crippen molar-refractivity contribution in [2.75, 3.05) is 0 Å². The van der Waals surface area contributed by atoms with E-state index in [1.165, 1.54) is 16.7 Å². The van der Waals surface area contributed by atoms with Gasteiger partial charge in [0.15, 0.2) is 0 Å². The van der Waals surface area contributed by atoms with Crippen LogP contribution in [0.25, 0.3) is 12.2 Å². The van der Waals surface area contributed by atoms with Gasteiger partial charge in [-0.15, -0.1) is 0 Å². The summed E-state index contributed by atoms with van der Waals surface area (Å²) in [5, 5.41) is 20.7. The van der Waals surface area contributed by atoms with Gasteiger partial charge in [0.05, 0.1) is 0 Å². The van der Waals surface area contributed by atoms with E-state index in [-0.39, 0.29) is 11.5 Å². The third-order valence-corrected chi connectivity index (χ3v) is 4.52. The van der Waals surface area contributed by atoms with Crippen molar-refractivity contribution in [1.82, 2.24) is 0 Å². The number of phenols is 2. The lowest BCUT2D eigenvalue weighted by Gasteiger charge is -2.08. The highest BCUT2D eigenvalue weighted by Gasteiger charge is 2.08. The molecule has 0 radical (unpaired) electrons. The molecular weight excluding hydrogens is 332 g/mol. The van der Waals surface area contributed by atoms with Crippen LogP contribution in [0.5, 0.6) is 11.5 Å². The molecule has 0 bridgehead atoms. The van der Waals surface area contributed by atoms with E-state index >= 15 is 0 Å². The van der Waals surface area contributed by atoms with E-state index in [0.717, 1.165) is 24.0 Å². The fraction of sp³-hybridized carbons (Fsp3) is 0.280. The Bertz CT molecular complexity index is 825. The van der Waals surface area contributed by atoms with Crippen molar-refractivity contribution >= 4 is 12.2 Å². The van der Waals surface area contributed by atoms with Gasteiger partial charge in [-0.2, -0.15) is 0 Å². The van der Waals surface area contributed by atoms with Gasteiger partial charge in [-0.05, 0) is 70.2 Å². The number of hydrogen-bond donors (Lipinski definition) is 2. The quantitative estimate of drug-likeness (QED) is 0.419.